The van der Waals surface area contributed by atoms with Crippen LogP contribution >= 0.6 is 0 Å². The van der Waals surface area contributed by atoms with Gasteiger partial charge in [-0.15, -0.1) is 15.0 Å². The fourth-order valence-corrected chi connectivity index (χ4v) is 3.42. The zero-order chi connectivity index (χ0) is 19.7. The highest BCUT2D eigenvalue weighted by Crippen LogP contribution is 2.31. The van der Waals surface area contributed by atoms with E-state index in [1.807, 2.05) is 23.1 Å². The first kappa shape index (κ1) is 17.7. The summed E-state index contributed by atoms with van der Waals surface area (Å²) in [6.07, 6.45) is 0.896. The second-order valence-corrected chi connectivity index (χ2v) is 6.58. The summed E-state index contributed by atoms with van der Waals surface area (Å²) in [4.78, 5) is 25.1. The maximum atomic E-state index is 11.7. The van der Waals surface area contributed by atoms with E-state index in [-0.39, 0.29) is 11.4 Å². The van der Waals surface area contributed by atoms with E-state index in [2.05, 4.69) is 22.3 Å². The van der Waals surface area contributed by atoms with Crippen molar-refractivity contribution in [3.63, 3.8) is 0 Å². The lowest BCUT2D eigenvalue weighted by molar-refractivity contribution is -0.384. The van der Waals surface area contributed by atoms with Gasteiger partial charge in [0.25, 0.3) is 5.69 Å². The highest BCUT2D eigenvalue weighted by Gasteiger charge is 2.30. The number of aromatic carboxylic acids is 1. The number of carboxylic acid groups (broad SMARTS) is 1. The van der Waals surface area contributed by atoms with Gasteiger partial charge in [-0.25, -0.2) is 4.79 Å². The van der Waals surface area contributed by atoms with Crippen LogP contribution in [0.25, 0.3) is 5.69 Å². The molecule has 1 N–H and O–H groups in total. The number of rotatable bonds is 5. The van der Waals surface area contributed by atoms with E-state index in [4.69, 9.17) is 0 Å². The summed E-state index contributed by atoms with van der Waals surface area (Å²) >= 11 is 0. The molecule has 1 aliphatic heterocycles. The molecule has 142 valence electrons. The first-order chi connectivity index (χ1) is 13.5. The van der Waals surface area contributed by atoms with Crippen molar-refractivity contribution in [3.8, 4) is 5.69 Å². The van der Waals surface area contributed by atoms with Gasteiger partial charge >= 0.3 is 5.97 Å². The number of aromatic nitrogens is 3. The quantitative estimate of drug-likeness (QED) is 0.535. The van der Waals surface area contributed by atoms with Crippen molar-refractivity contribution in [2.75, 3.05) is 18.0 Å². The molecule has 4 rings (SSSR count). The average molecular weight is 379 g/mol. The largest absolute Gasteiger partial charge is 0.476 e. The van der Waals surface area contributed by atoms with Crippen LogP contribution in [-0.4, -0.2) is 44.1 Å². The summed E-state index contributed by atoms with van der Waals surface area (Å²) in [6.45, 7) is 1.34. The molecule has 0 unspecified atom stereocenters. The van der Waals surface area contributed by atoms with E-state index < -0.39 is 10.9 Å². The predicted octanol–water partition coefficient (Wildman–Crippen LogP) is 2.87. The average Bonchev–Trinajstić information content (AvgIpc) is 3.36. The molecule has 0 radical (unpaired) electrons. The topological polar surface area (TPSA) is 114 Å². The van der Waals surface area contributed by atoms with Crippen molar-refractivity contribution in [2.45, 2.75) is 12.3 Å². The predicted molar refractivity (Wildman–Crippen MR) is 101 cm³/mol. The van der Waals surface area contributed by atoms with Gasteiger partial charge in [-0.3, -0.25) is 10.1 Å². The molecule has 1 saturated heterocycles. The molecule has 1 aromatic heterocycles. The molecule has 1 atom stereocenters. The maximum absolute atomic E-state index is 11.7. The van der Waals surface area contributed by atoms with Crippen LogP contribution in [0.3, 0.4) is 0 Å². The fraction of sp³-hybridized carbons (Fsp3) is 0.211. The number of carboxylic acids is 1. The van der Waals surface area contributed by atoms with Crippen LogP contribution in [0.15, 0.2) is 54.6 Å². The third-order valence-electron chi connectivity index (χ3n) is 4.85. The molecule has 1 fully saturated rings. The Bertz CT molecular complexity index is 1020. The number of benzene rings is 2. The van der Waals surface area contributed by atoms with Gasteiger partial charge in [0.05, 0.1) is 10.6 Å². The number of hydrogen-bond donors (Lipinski definition) is 1. The van der Waals surface area contributed by atoms with Crippen molar-refractivity contribution < 1.29 is 14.8 Å². The summed E-state index contributed by atoms with van der Waals surface area (Å²) in [6, 6.07) is 15.7. The number of carbonyl (C=O) groups is 1. The van der Waals surface area contributed by atoms with Crippen LogP contribution < -0.4 is 4.90 Å². The number of hydrogen-bond acceptors (Lipinski definition) is 6. The van der Waals surface area contributed by atoms with Crippen molar-refractivity contribution in [1.82, 2.24) is 15.0 Å². The Morgan fingerprint density at radius 3 is 2.46 bits per heavy atom. The van der Waals surface area contributed by atoms with Crippen LogP contribution in [0.4, 0.5) is 11.5 Å². The van der Waals surface area contributed by atoms with Crippen molar-refractivity contribution >= 4 is 17.5 Å². The third kappa shape index (κ3) is 3.29. The lowest BCUT2D eigenvalue weighted by atomic mass is 9.99. The zero-order valence-corrected chi connectivity index (χ0v) is 14.8. The van der Waals surface area contributed by atoms with Crippen molar-refractivity contribution in [2.24, 2.45) is 0 Å². The molecule has 9 heteroatoms. The van der Waals surface area contributed by atoms with Gasteiger partial charge in [0.2, 0.25) is 5.69 Å². The maximum Gasteiger partial charge on any atom is 0.360 e. The highest BCUT2D eigenvalue weighted by molar-refractivity contribution is 5.91. The van der Waals surface area contributed by atoms with E-state index in [9.17, 15) is 20.0 Å². The number of non-ortho nitro benzene ring substituents is 1. The smallest absolute Gasteiger partial charge is 0.360 e. The Labute approximate surface area is 160 Å². The van der Waals surface area contributed by atoms with Gasteiger partial charge in [0.15, 0.2) is 5.82 Å². The van der Waals surface area contributed by atoms with Crippen LogP contribution in [0, 0.1) is 10.1 Å². The summed E-state index contributed by atoms with van der Waals surface area (Å²) in [5.74, 6) is -0.553. The monoisotopic (exact) mass is 379 g/mol. The van der Waals surface area contributed by atoms with Crippen LogP contribution in [0.1, 0.15) is 28.4 Å². The molecular formula is C19H17N5O4. The van der Waals surface area contributed by atoms with Gasteiger partial charge in [0, 0.05) is 31.1 Å². The second kappa shape index (κ2) is 7.10. The van der Waals surface area contributed by atoms with E-state index >= 15 is 0 Å². The molecule has 3 aromatic rings. The molecule has 0 saturated carbocycles. The van der Waals surface area contributed by atoms with Gasteiger partial charge in [-0.05, 0) is 24.1 Å². The lowest BCUT2D eigenvalue weighted by Gasteiger charge is -2.16. The lowest BCUT2D eigenvalue weighted by Crippen LogP contribution is -2.22. The zero-order valence-electron chi connectivity index (χ0n) is 14.8. The van der Waals surface area contributed by atoms with Gasteiger partial charge in [-0.2, -0.15) is 0 Å². The van der Waals surface area contributed by atoms with E-state index in [0.717, 1.165) is 6.42 Å². The van der Waals surface area contributed by atoms with E-state index in [0.29, 0.717) is 30.5 Å². The molecule has 0 amide bonds. The molecule has 0 spiro atoms. The van der Waals surface area contributed by atoms with Crippen molar-refractivity contribution in [1.29, 1.82) is 0 Å². The molecule has 28 heavy (non-hydrogen) atoms. The highest BCUT2D eigenvalue weighted by atomic mass is 16.6. The minimum atomic E-state index is -1.16. The number of nitro groups is 1. The summed E-state index contributed by atoms with van der Waals surface area (Å²) in [7, 11) is 0. The van der Waals surface area contributed by atoms with Crippen LogP contribution in [0.5, 0.6) is 0 Å². The first-order valence-corrected chi connectivity index (χ1v) is 8.78. The Kier molecular flexibility index (Phi) is 4.48. The Morgan fingerprint density at radius 1 is 1.11 bits per heavy atom. The molecule has 9 nitrogen and oxygen atoms in total. The molecular weight excluding hydrogens is 362 g/mol. The van der Waals surface area contributed by atoms with E-state index in [1.54, 1.807) is 0 Å². The van der Waals surface area contributed by atoms with Gasteiger partial charge < -0.3 is 10.0 Å². The minimum absolute atomic E-state index is 0.0557. The minimum Gasteiger partial charge on any atom is -0.476 e. The standard InChI is InChI=1S/C19H17N5O4/c25-19(26)17-18(22-11-10-14(12-22)13-4-2-1-3-5-13)21-23(20-17)15-6-8-16(9-7-15)24(27)28/h1-9,14H,10-12H2,(H,25,26)/t14-/m1/s1. The summed E-state index contributed by atoms with van der Waals surface area (Å²) in [5, 5.41) is 28.8. The summed E-state index contributed by atoms with van der Waals surface area (Å²) in [5.41, 5.74) is 1.48. The Hall–Kier alpha value is -3.75. The molecule has 1 aliphatic rings. The van der Waals surface area contributed by atoms with E-state index in [1.165, 1.54) is 34.6 Å². The fourth-order valence-electron chi connectivity index (χ4n) is 3.42. The molecule has 2 aromatic carbocycles. The normalized spacial score (nSPS) is 16.3. The van der Waals surface area contributed by atoms with Crippen LogP contribution in [-0.2, 0) is 0 Å². The second-order valence-electron chi connectivity index (χ2n) is 6.58. The molecule has 2 heterocycles. The van der Waals surface area contributed by atoms with Gasteiger partial charge in [0.1, 0.15) is 0 Å². The SMILES string of the molecule is O=C(O)c1nn(-c2ccc([N+](=O)[O-])cc2)nc1N1CC[C@@H](c2ccccc2)C1. The summed E-state index contributed by atoms with van der Waals surface area (Å²) < 4.78 is 0. The van der Waals surface area contributed by atoms with Gasteiger partial charge in [-0.1, -0.05) is 30.3 Å². The first-order valence-electron chi connectivity index (χ1n) is 8.78. The Balaban J connectivity index is 1.62. The number of nitro benzene ring substituents is 1. The molecule has 0 bridgehead atoms. The Morgan fingerprint density at radius 2 is 1.82 bits per heavy atom. The molecule has 0 aliphatic carbocycles. The van der Waals surface area contributed by atoms with Crippen molar-refractivity contribution in [3.05, 3.63) is 76.0 Å². The third-order valence-corrected chi connectivity index (χ3v) is 4.85. The van der Waals surface area contributed by atoms with Crippen LogP contribution in [0.2, 0.25) is 0 Å². The number of nitrogens with zero attached hydrogens (tertiary/aromatic N) is 5. The number of anilines is 1.